The van der Waals surface area contributed by atoms with Crippen LogP contribution in [0.3, 0.4) is 0 Å². The second-order valence-corrected chi connectivity index (χ2v) is 4.46. The maximum Gasteiger partial charge on any atom is 0.306 e. The third kappa shape index (κ3) is 3.00. The number of rotatable bonds is 3. The van der Waals surface area contributed by atoms with Crippen LogP contribution in [0.5, 0.6) is 0 Å². The molecule has 2 nitrogen and oxygen atoms in total. The van der Waals surface area contributed by atoms with E-state index in [1.807, 2.05) is 0 Å². The third-order valence-corrected chi connectivity index (χ3v) is 3.27. The molecule has 0 aliphatic heterocycles. The van der Waals surface area contributed by atoms with Crippen molar-refractivity contribution in [1.29, 1.82) is 0 Å². The number of halogens is 3. The molecule has 0 saturated heterocycles. The van der Waals surface area contributed by atoms with E-state index in [9.17, 15) is 4.79 Å². The molecule has 0 saturated carbocycles. The van der Waals surface area contributed by atoms with Gasteiger partial charge in [-0.15, -0.1) is 0 Å². The minimum atomic E-state index is -0.887. The molecule has 0 fully saturated rings. The van der Waals surface area contributed by atoms with Gasteiger partial charge in [-0.2, -0.15) is 0 Å². The number of carboxylic acids is 1. The van der Waals surface area contributed by atoms with E-state index < -0.39 is 11.9 Å². The molecule has 1 aromatic rings. The highest BCUT2D eigenvalue weighted by atomic mass is 35.5. The number of benzene rings is 1. The molecule has 0 heterocycles. The van der Waals surface area contributed by atoms with Crippen molar-refractivity contribution in [2.75, 3.05) is 0 Å². The lowest BCUT2D eigenvalue weighted by Gasteiger charge is -2.10. The Morgan fingerprint density at radius 2 is 1.87 bits per heavy atom. The molecule has 82 valence electrons. The highest BCUT2D eigenvalue weighted by Gasteiger charge is 2.17. The topological polar surface area (TPSA) is 37.3 Å². The number of carbonyl (C=O) groups is 1. The summed E-state index contributed by atoms with van der Waals surface area (Å²) in [5.74, 6) is -1.43. The predicted octanol–water partition coefficient (Wildman–Crippen LogP) is 3.91. The summed E-state index contributed by atoms with van der Waals surface area (Å²) in [6.07, 6.45) is 0.271. The molecule has 0 spiro atoms. The minimum absolute atomic E-state index is 0.271. The van der Waals surface area contributed by atoms with Crippen molar-refractivity contribution in [3.8, 4) is 0 Å². The van der Waals surface area contributed by atoms with Gasteiger partial charge in [0.2, 0.25) is 0 Å². The van der Waals surface area contributed by atoms with Gasteiger partial charge < -0.3 is 5.11 Å². The Labute approximate surface area is 103 Å². The fraction of sp³-hybridized carbons (Fsp3) is 0.300. The van der Waals surface area contributed by atoms with Crippen molar-refractivity contribution in [2.45, 2.75) is 13.3 Å². The van der Waals surface area contributed by atoms with Gasteiger partial charge in [0.15, 0.2) is 0 Å². The van der Waals surface area contributed by atoms with Crippen LogP contribution in [-0.2, 0) is 11.2 Å². The Hall–Kier alpha value is -0.440. The Kier molecular flexibility index (Phi) is 4.26. The van der Waals surface area contributed by atoms with E-state index in [1.165, 1.54) is 0 Å². The SMILES string of the molecule is CC(Cc1c(Cl)ccc(Cl)c1Cl)C(=O)O. The molecular weight excluding hydrogens is 258 g/mol. The number of hydrogen-bond donors (Lipinski definition) is 1. The quantitative estimate of drug-likeness (QED) is 0.843. The van der Waals surface area contributed by atoms with Crippen LogP contribution in [-0.4, -0.2) is 11.1 Å². The monoisotopic (exact) mass is 266 g/mol. The first-order chi connectivity index (χ1) is 6.93. The summed E-state index contributed by atoms with van der Waals surface area (Å²) in [7, 11) is 0. The zero-order valence-electron chi connectivity index (χ0n) is 7.93. The lowest BCUT2D eigenvalue weighted by Crippen LogP contribution is -2.12. The molecule has 0 radical (unpaired) electrons. The third-order valence-electron chi connectivity index (χ3n) is 2.07. The van der Waals surface area contributed by atoms with Crippen molar-refractivity contribution in [3.05, 3.63) is 32.8 Å². The second-order valence-electron chi connectivity index (χ2n) is 3.27. The summed E-state index contributed by atoms with van der Waals surface area (Å²) in [5, 5.41) is 9.93. The molecule has 1 aromatic carbocycles. The fourth-order valence-corrected chi connectivity index (χ4v) is 1.85. The van der Waals surface area contributed by atoms with E-state index in [1.54, 1.807) is 19.1 Å². The molecule has 1 unspecified atom stereocenters. The summed E-state index contributed by atoms with van der Waals surface area (Å²) in [6, 6.07) is 3.20. The highest BCUT2D eigenvalue weighted by molar-refractivity contribution is 6.44. The van der Waals surface area contributed by atoms with Crippen molar-refractivity contribution in [3.63, 3.8) is 0 Å². The van der Waals surface area contributed by atoms with Crippen LogP contribution in [0.1, 0.15) is 12.5 Å². The first-order valence-electron chi connectivity index (χ1n) is 4.28. The van der Waals surface area contributed by atoms with Gasteiger partial charge in [0, 0.05) is 5.02 Å². The van der Waals surface area contributed by atoms with Crippen molar-refractivity contribution < 1.29 is 9.90 Å². The average molecular weight is 268 g/mol. The average Bonchev–Trinajstić information content (AvgIpc) is 2.18. The molecule has 1 rings (SSSR count). The molecule has 1 atom stereocenters. The van der Waals surface area contributed by atoms with Gasteiger partial charge >= 0.3 is 5.97 Å². The van der Waals surface area contributed by atoms with Gasteiger partial charge in [0.05, 0.1) is 16.0 Å². The van der Waals surface area contributed by atoms with E-state index in [0.717, 1.165) is 0 Å². The Balaban J connectivity index is 3.03. The van der Waals surface area contributed by atoms with E-state index in [-0.39, 0.29) is 6.42 Å². The van der Waals surface area contributed by atoms with Crippen molar-refractivity contribution >= 4 is 40.8 Å². The Bertz CT molecular complexity index is 390. The lowest BCUT2D eigenvalue weighted by atomic mass is 10.0. The van der Waals surface area contributed by atoms with E-state index in [4.69, 9.17) is 39.9 Å². The second kappa shape index (κ2) is 5.06. The van der Waals surface area contributed by atoms with Gasteiger partial charge in [-0.05, 0) is 24.1 Å². The molecule has 0 aliphatic carbocycles. The van der Waals surface area contributed by atoms with E-state index in [0.29, 0.717) is 20.6 Å². The maximum atomic E-state index is 10.7. The first kappa shape index (κ1) is 12.6. The van der Waals surface area contributed by atoms with Crippen LogP contribution in [0, 0.1) is 5.92 Å². The molecule has 15 heavy (non-hydrogen) atoms. The van der Waals surface area contributed by atoms with Crippen molar-refractivity contribution in [1.82, 2.24) is 0 Å². The maximum absolute atomic E-state index is 10.7. The summed E-state index contributed by atoms with van der Waals surface area (Å²) in [5.41, 5.74) is 0.584. The molecule has 1 N–H and O–H groups in total. The number of hydrogen-bond acceptors (Lipinski definition) is 1. The number of aliphatic carboxylic acids is 1. The number of carboxylic acid groups (broad SMARTS) is 1. The van der Waals surface area contributed by atoms with E-state index >= 15 is 0 Å². The van der Waals surface area contributed by atoms with Crippen LogP contribution in [0.15, 0.2) is 12.1 Å². The first-order valence-corrected chi connectivity index (χ1v) is 5.42. The molecule has 0 bridgehead atoms. The lowest BCUT2D eigenvalue weighted by molar-refractivity contribution is -0.141. The van der Waals surface area contributed by atoms with Crippen LogP contribution in [0.25, 0.3) is 0 Å². The standard InChI is InChI=1S/C10H9Cl3O2/c1-5(10(14)15)4-6-7(11)2-3-8(12)9(6)13/h2-3,5H,4H2,1H3,(H,14,15). The van der Waals surface area contributed by atoms with Gasteiger partial charge in [0.1, 0.15) is 0 Å². The molecule has 0 amide bonds. The zero-order valence-corrected chi connectivity index (χ0v) is 10.2. The summed E-state index contributed by atoms with van der Waals surface area (Å²) >= 11 is 17.7. The Morgan fingerprint density at radius 1 is 1.33 bits per heavy atom. The summed E-state index contributed by atoms with van der Waals surface area (Å²) in [4.78, 5) is 10.7. The zero-order chi connectivity index (χ0) is 11.6. The molecule has 0 aliphatic rings. The summed E-state index contributed by atoms with van der Waals surface area (Å²) in [6.45, 7) is 1.59. The minimum Gasteiger partial charge on any atom is -0.481 e. The van der Waals surface area contributed by atoms with Crippen LogP contribution >= 0.6 is 34.8 Å². The van der Waals surface area contributed by atoms with Crippen LogP contribution in [0.2, 0.25) is 15.1 Å². The van der Waals surface area contributed by atoms with Gasteiger partial charge in [-0.25, -0.2) is 0 Å². The molecule has 5 heteroatoms. The largest absolute Gasteiger partial charge is 0.481 e. The van der Waals surface area contributed by atoms with E-state index in [2.05, 4.69) is 0 Å². The normalized spacial score (nSPS) is 12.5. The van der Waals surface area contributed by atoms with Gasteiger partial charge in [-0.1, -0.05) is 41.7 Å². The molecule has 0 aromatic heterocycles. The highest BCUT2D eigenvalue weighted by Crippen LogP contribution is 2.32. The molecular formula is C10H9Cl3O2. The Morgan fingerprint density at radius 3 is 2.40 bits per heavy atom. The predicted molar refractivity (Wildman–Crippen MR) is 62.0 cm³/mol. The van der Waals surface area contributed by atoms with Gasteiger partial charge in [0.25, 0.3) is 0 Å². The van der Waals surface area contributed by atoms with Gasteiger partial charge in [-0.3, -0.25) is 4.79 Å². The smallest absolute Gasteiger partial charge is 0.306 e. The summed E-state index contributed by atoms with van der Waals surface area (Å²) < 4.78 is 0. The van der Waals surface area contributed by atoms with Crippen LogP contribution < -0.4 is 0 Å². The van der Waals surface area contributed by atoms with Crippen LogP contribution in [0.4, 0.5) is 0 Å². The van der Waals surface area contributed by atoms with Crippen molar-refractivity contribution in [2.24, 2.45) is 5.92 Å². The fourth-order valence-electron chi connectivity index (χ4n) is 1.15.